The highest BCUT2D eigenvalue weighted by Gasteiger charge is 2.02. The minimum Gasteiger partial charge on any atom is -0.338 e. The van der Waals surface area contributed by atoms with E-state index in [9.17, 15) is 4.79 Å². The summed E-state index contributed by atoms with van der Waals surface area (Å²) in [7, 11) is 0. The van der Waals surface area contributed by atoms with Crippen LogP contribution in [0.25, 0.3) is 0 Å². The minimum absolute atomic E-state index is 0.0873. The zero-order chi connectivity index (χ0) is 15.5. The van der Waals surface area contributed by atoms with Gasteiger partial charge in [0.2, 0.25) is 0 Å². The lowest BCUT2D eigenvalue weighted by atomic mass is 10.1. The first-order chi connectivity index (χ1) is 10.2. The zero-order valence-corrected chi connectivity index (χ0v) is 13.6. The smallest absolute Gasteiger partial charge is 0.315 e. The van der Waals surface area contributed by atoms with E-state index in [2.05, 4.69) is 60.6 Å². The number of carbonyl (C=O) groups is 1. The van der Waals surface area contributed by atoms with Crippen LogP contribution in [0.15, 0.2) is 24.3 Å². The number of carbonyl (C=O) groups excluding carboxylic acids is 1. The maximum atomic E-state index is 11.6. The van der Waals surface area contributed by atoms with Gasteiger partial charge in [-0.3, -0.25) is 4.90 Å². The molecule has 0 aliphatic carbocycles. The predicted octanol–water partition coefficient (Wildman–Crippen LogP) is 3.13. The second-order valence-electron chi connectivity index (χ2n) is 5.24. The number of rotatable bonds is 9. The summed E-state index contributed by atoms with van der Waals surface area (Å²) in [6.45, 7) is 10.9. The van der Waals surface area contributed by atoms with Crippen LogP contribution in [0.2, 0.25) is 0 Å². The Hall–Kier alpha value is -1.55. The van der Waals surface area contributed by atoms with Crippen molar-refractivity contribution in [1.29, 1.82) is 0 Å². The van der Waals surface area contributed by atoms with E-state index in [1.165, 1.54) is 5.56 Å². The van der Waals surface area contributed by atoms with Crippen molar-refractivity contribution in [3.8, 4) is 0 Å². The molecule has 0 aliphatic heterocycles. The van der Waals surface area contributed by atoms with Crippen LogP contribution in [0, 0.1) is 0 Å². The Morgan fingerprint density at radius 1 is 1.00 bits per heavy atom. The fourth-order valence-corrected chi connectivity index (χ4v) is 2.09. The van der Waals surface area contributed by atoms with Gasteiger partial charge in [0.25, 0.3) is 0 Å². The van der Waals surface area contributed by atoms with Gasteiger partial charge < -0.3 is 10.6 Å². The van der Waals surface area contributed by atoms with Crippen LogP contribution in [-0.2, 0) is 13.1 Å². The lowest BCUT2D eigenvalue weighted by molar-refractivity contribution is 0.240. The van der Waals surface area contributed by atoms with Crippen LogP contribution in [0.4, 0.5) is 4.79 Å². The fourth-order valence-electron chi connectivity index (χ4n) is 2.09. The second-order valence-corrected chi connectivity index (χ2v) is 5.24. The van der Waals surface area contributed by atoms with Crippen molar-refractivity contribution < 1.29 is 4.79 Å². The van der Waals surface area contributed by atoms with Gasteiger partial charge in [0.1, 0.15) is 0 Å². The van der Waals surface area contributed by atoms with Crippen molar-refractivity contribution in [2.24, 2.45) is 0 Å². The molecule has 0 radical (unpaired) electrons. The van der Waals surface area contributed by atoms with Crippen LogP contribution in [0.5, 0.6) is 0 Å². The number of nitrogens with one attached hydrogen (secondary N) is 2. The lowest BCUT2D eigenvalue weighted by Crippen LogP contribution is -2.35. The molecule has 2 N–H and O–H groups in total. The van der Waals surface area contributed by atoms with Crippen LogP contribution >= 0.6 is 0 Å². The highest BCUT2D eigenvalue weighted by atomic mass is 16.2. The Labute approximate surface area is 128 Å². The molecular formula is C17H29N3O. The van der Waals surface area contributed by atoms with Crippen molar-refractivity contribution in [3.63, 3.8) is 0 Å². The Bertz CT molecular complexity index is 399. The average molecular weight is 291 g/mol. The van der Waals surface area contributed by atoms with E-state index in [1.807, 2.05) is 0 Å². The molecular weight excluding hydrogens is 262 g/mol. The van der Waals surface area contributed by atoms with Gasteiger partial charge in [0.05, 0.1) is 0 Å². The van der Waals surface area contributed by atoms with Gasteiger partial charge in [0.15, 0.2) is 0 Å². The van der Waals surface area contributed by atoms with E-state index in [1.54, 1.807) is 0 Å². The number of benzene rings is 1. The molecule has 0 saturated carbocycles. The molecule has 2 amide bonds. The van der Waals surface area contributed by atoms with Crippen molar-refractivity contribution in [2.75, 3.05) is 19.6 Å². The van der Waals surface area contributed by atoms with Gasteiger partial charge in [-0.1, -0.05) is 51.5 Å². The largest absolute Gasteiger partial charge is 0.338 e. The highest BCUT2D eigenvalue weighted by Crippen LogP contribution is 2.07. The van der Waals surface area contributed by atoms with Crippen LogP contribution < -0.4 is 10.6 Å². The maximum Gasteiger partial charge on any atom is 0.315 e. The molecule has 0 atom stereocenters. The summed E-state index contributed by atoms with van der Waals surface area (Å²) in [5.74, 6) is 0. The summed E-state index contributed by atoms with van der Waals surface area (Å²) in [4.78, 5) is 13.9. The van der Waals surface area contributed by atoms with Crippen LogP contribution in [-0.4, -0.2) is 30.6 Å². The van der Waals surface area contributed by atoms with Gasteiger partial charge in [0, 0.05) is 19.6 Å². The molecule has 0 spiro atoms. The normalized spacial score (nSPS) is 10.7. The highest BCUT2D eigenvalue weighted by molar-refractivity contribution is 5.73. The van der Waals surface area contributed by atoms with Crippen molar-refractivity contribution in [1.82, 2.24) is 15.5 Å². The molecule has 1 aromatic rings. The Morgan fingerprint density at radius 3 is 2.19 bits per heavy atom. The number of nitrogens with zero attached hydrogens (tertiary/aromatic N) is 1. The molecule has 1 aromatic carbocycles. The molecule has 1 rings (SSSR count). The molecule has 0 saturated heterocycles. The van der Waals surface area contributed by atoms with Gasteiger partial charge in [-0.15, -0.1) is 0 Å². The molecule has 0 aromatic heterocycles. The monoisotopic (exact) mass is 291 g/mol. The SMILES string of the molecule is CCCCNC(=O)NCc1ccc(CN(CC)CC)cc1. The second kappa shape index (κ2) is 10.2. The van der Waals surface area contributed by atoms with Gasteiger partial charge in [-0.2, -0.15) is 0 Å². The van der Waals surface area contributed by atoms with E-state index >= 15 is 0 Å². The Kier molecular flexibility index (Phi) is 8.51. The molecule has 0 aliphatic rings. The zero-order valence-electron chi connectivity index (χ0n) is 13.6. The van der Waals surface area contributed by atoms with E-state index in [4.69, 9.17) is 0 Å². The topological polar surface area (TPSA) is 44.4 Å². The molecule has 0 bridgehead atoms. The van der Waals surface area contributed by atoms with Gasteiger partial charge in [-0.05, 0) is 30.6 Å². The molecule has 0 fully saturated rings. The molecule has 0 heterocycles. The summed E-state index contributed by atoms with van der Waals surface area (Å²) in [6.07, 6.45) is 2.11. The molecule has 0 unspecified atom stereocenters. The number of hydrogen-bond acceptors (Lipinski definition) is 2. The first-order valence-corrected chi connectivity index (χ1v) is 8.01. The van der Waals surface area contributed by atoms with E-state index < -0.39 is 0 Å². The third kappa shape index (κ3) is 7.14. The van der Waals surface area contributed by atoms with Crippen molar-refractivity contribution in [2.45, 2.75) is 46.7 Å². The minimum atomic E-state index is -0.0873. The average Bonchev–Trinajstić information content (AvgIpc) is 2.52. The van der Waals surface area contributed by atoms with E-state index in [0.29, 0.717) is 6.54 Å². The van der Waals surface area contributed by atoms with Crippen LogP contribution in [0.3, 0.4) is 0 Å². The van der Waals surface area contributed by atoms with Crippen LogP contribution in [0.1, 0.15) is 44.7 Å². The van der Waals surface area contributed by atoms with Crippen molar-refractivity contribution in [3.05, 3.63) is 35.4 Å². The fraction of sp³-hybridized carbons (Fsp3) is 0.588. The number of urea groups is 1. The molecule has 4 heteroatoms. The summed E-state index contributed by atoms with van der Waals surface area (Å²) in [5, 5.41) is 5.73. The molecule has 118 valence electrons. The summed E-state index contributed by atoms with van der Waals surface area (Å²) in [5.41, 5.74) is 2.44. The lowest BCUT2D eigenvalue weighted by Gasteiger charge is -2.18. The Balaban J connectivity index is 2.35. The summed E-state index contributed by atoms with van der Waals surface area (Å²) >= 11 is 0. The number of hydrogen-bond donors (Lipinski definition) is 2. The first kappa shape index (κ1) is 17.5. The van der Waals surface area contributed by atoms with Crippen molar-refractivity contribution >= 4 is 6.03 Å². The van der Waals surface area contributed by atoms with E-state index in [0.717, 1.165) is 44.6 Å². The van der Waals surface area contributed by atoms with Gasteiger partial charge >= 0.3 is 6.03 Å². The van der Waals surface area contributed by atoms with Gasteiger partial charge in [-0.25, -0.2) is 4.79 Å². The molecule has 21 heavy (non-hydrogen) atoms. The Morgan fingerprint density at radius 2 is 1.62 bits per heavy atom. The van der Waals surface area contributed by atoms with E-state index in [-0.39, 0.29) is 6.03 Å². The summed E-state index contributed by atoms with van der Waals surface area (Å²) < 4.78 is 0. The predicted molar refractivity (Wildman–Crippen MR) is 88.2 cm³/mol. The first-order valence-electron chi connectivity index (χ1n) is 8.01. The third-order valence-corrected chi connectivity index (χ3v) is 3.59. The third-order valence-electron chi connectivity index (χ3n) is 3.59. The number of amides is 2. The standard InChI is InChI=1S/C17H29N3O/c1-4-7-12-18-17(21)19-13-15-8-10-16(11-9-15)14-20(5-2)6-3/h8-11H,4-7,12-14H2,1-3H3,(H2,18,19,21). The number of unbranched alkanes of at least 4 members (excludes halogenated alkanes) is 1. The maximum absolute atomic E-state index is 11.6. The summed E-state index contributed by atoms with van der Waals surface area (Å²) in [6, 6.07) is 8.38. The quantitative estimate of drug-likeness (QED) is 0.687. The molecule has 4 nitrogen and oxygen atoms in total.